The van der Waals surface area contributed by atoms with Crippen LogP contribution in [0.4, 0.5) is 0 Å². The van der Waals surface area contributed by atoms with Crippen molar-refractivity contribution in [2.24, 2.45) is 0 Å². The predicted molar refractivity (Wildman–Crippen MR) is 46.9 cm³/mol. The van der Waals surface area contributed by atoms with Crippen molar-refractivity contribution in [2.45, 2.75) is 13.0 Å². The maximum Gasteiger partial charge on any atom is 0.292 e. The van der Waals surface area contributed by atoms with Gasteiger partial charge >= 0.3 is 0 Å². The average molecular weight is 178 g/mol. The summed E-state index contributed by atoms with van der Waals surface area (Å²) in [6, 6.07) is -0.252. The lowest BCUT2D eigenvalue weighted by Gasteiger charge is -2.18. The molecule has 0 fully saturated rings. The number of amides is 1. The number of hydrogen-bond donors (Lipinski definition) is 0. The molecule has 4 heteroatoms. The van der Waals surface area contributed by atoms with E-state index in [0.29, 0.717) is 0 Å². The summed E-state index contributed by atoms with van der Waals surface area (Å²) in [6.07, 6.45) is 7.75. The van der Waals surface area contributed by atoms with Crippen LogP contribution < -0.4 is 0 Å². The molecule has 1 aromatic rings. The quantitative estimate of drug-likeness (QED) is 0.628. The number of nitrogens with zero attached hydrogens (tertiary/aromatic N) is 2. The fourth-order valence-corrected chi connectivity index (χ4v) is 0.783. The fourth-order valence-electron chi connectivity index (χ4n) is 0.783. The molecule has 0 saturated carbocycles. The van der Waals surface area contributed by atoms with Crippen LogP contribution in [-0.4, -0.2) is 28.9 Å². The van der Waals surface area contributed by atoms with Crippen LogP contribution in [0.15, 0.2) is 17.0 Å². The normalized spacial score (nSPS) is 11.8. The topological polar surface area (TPSA) is 46.3 Å². The largest absolute Gasteiger partial charge is 0.438 e. The van der Waals surface area contributed by atoms with E-state index in [1.807, 2.05) is 0 Å². The number of oxazole rings is 1. The first kappa shape index (κ1) is 9.33. The van der Waals surface area contributed by atoms with E-state index in [1.165, 1.54) is 17.5 Å². The molecule has 0 radical (unpaired) electrons. The van der Waals surface area contributed by atoms with Gasteiger partial charge in [-0.05, 0) is 6.92 Å². The molecule has 0 aliphatic heterocycles. The third kappa shape index (κ3) is 1.88. The first-order valence-corrected chi connectivity index (χ1v) is 3.78. The van der Waals surface area contributed by atoms with E-state index in [4.69, 9.17) is 10.8 Å². The molecular weight excluding hydrogens is 168 g/mol. The molecular formula is C9H10N2O2. The zero-order valence-electron chi connectivity index (χ0n) is 7.52. The highest BCUT2D eigenvalue weighted by molar-refractivity contribution is 5.91. The van der Waals surface area contributed by atoms with Gasteiger partial charge in [0.15, 0.2) is 6.39 Å². The molecule has 1 unspecified atom stereocenters. The Balaban J connectivity index is 2.75. The van der Waals surface area contributed by atoms with Gasteiger partial charge < -0.3 is 9.32 Å². The summed E-state index contributed by atoms with van der Waals surface area (Å²) in [7, 11) is 1.62. The summed E-state index contributed by atoms with van der Waals surface area (Å²) < 4.78 is 4.84. The molecule has 4 nitrogen and oxygen atoms in total. The maximum atomic E-state index is 11.5. The summed E-state index contributed by atoms with van der Waals surface area (Å²) in [6.45, 7) is 1.76. The Bertz CT molecular complexity index is 324. The van der Waals surface area contributed by atoms with Crippen LogP contribution in [-0.2, 0) is 0 Å². The molecule has 0 N–H and O–H groups in total. The highest BCUT2D eigenvalue weighted by Gasteiger charge is 2.18. The lowest BCUT2D eigenvalue weighted by Crippen LogP contribution is -2.33. The SMILES string of the molecule is C#CC(C)N(C)C(=O)c1cnco1. The van der Waals surface area contributed by atoms with Crippen molar-refractivity contribution >= 4 is 5.91 Å². The van der Waals surface area contributed by atoms with E-state index in [1.54, 1.807) is 14.0 Å². The van der Waals surface area contributed by atoms with Gasteiger partial charge in [0, 0.05) is 7.05 Å². The molecule has 1 amide bonds. The summed E-state index contributed by atoms with van der Waals surface area (Å²) in [5, 5.41) is 0. The summed E-state index contributed by atoms with van der Waals surface area (Å²) >= 11 is 0. The molecule has 1 rings (SSSR count). The lowest BCUT2D eigenvalue weighted by molar-refractivity contribution is 0.0742. The smallest absolute Gasteiger partial charge is 0.292 e. The minimum absolute atomic E-state index is 0.199. The Labute approximate surface area is 76.6 Å². The van der Waals surface area contributed by atoms with Gasteiger partial charge in [-0.15, -0.1) is 6.42 Å². The van der Waals surface area contributed by atoms with Gasteiger partial charge in [-0.3, -0.25) is 4.79 Å². The number of carbonyl (C=O) groups is 1. The fraction of sp³-hybridized carbons (Fsp3) is 0.333. The Hall–Kier alpha value is -1.76. The van der Waals surface area contributed by atoms with E-state index in [-0.39, 0.29) is 17.7 Å². The third-order valence-corrected chi connectivity index (χ3v) is 1.79. The predicted octanol–water partition coefficient (Wildman–Crippen LogP) is 0.768. The third-order valence-electron chi connectivity index (χ3n) is 1.79. The number of hydrogen-bond acceptors (Lipinski definition) is 3. The number of terminal acetylenes is 1. The average Bonchev–Trinajstić information content (AvgIpc) is 2.67. The Morgan fingerprint density at radius 3 is 3.00 bits per heavy atom. The maximum absolute atomic E-state index is 11.5. The summed E-state index contributed by atoms with van der Waals surface area (Å²) in [5.74, 6) is 2.39. The van der Waals surface area contributed by atoms with Gasteiger partial charge in [0.1, 0.15) is 0 Å². The molecule has 0 aliphatic rings. The van der Waals surface area contributed by atoms with Crippen LogP contribution in [0, 0.1) is 12.3 Å². The van der Waals surface area contributed by atoms with Gasteiger partial charge in [0.25, 0.3) is 5.91 Å². The molecule has 0 aromatic carbocycles. The second-order valence-corrected chi connectivity index (χ2v) is 2.62. The van der Waals surface area contributed by atoms with E-state index < -0.39 is 0 Å². The molecule has 1 atom stereocenters. The summed E-state index contributed by atoms with van der Waals surface area (Å²) in [5.41, 5.74) is 0. The van der Waals surface area contributed by atoms with E-state index in [9.17, 15) is 4.79 Å². The van der Waals surface area contributed by atoms with Crippen molar-refractivity contribution in [3.8, 4) is 12.3 Å². The van der Waals surface area contributed by atoms with E-state index in [0.717, 1.165) is 0 Å². The van der Waals surface area contributed by atoms with Gasteiger partial charge in [-0.25, -0.2) is 4.98 Å². The second kappa shape index (κ2) is 3.76. The Kier molecular flexibility index (Phi) is 2.70. The molecule has 13 heavy (non-hydrogen) atoms. The molecule has 0 spiro atoms. The molecule has 68 valence electrons. The van der Waals surface area contributed by atoms with Crippen molar-refractivity contribution < 1.29 is 9.21 Å². The zero-order valence-corrected chi connectivity index (χ0v) is 7.52. The standard InChI is InChI=1S/C9H10N2O2/c1-4-7(2)11(3)9(12)8-5-10-6-13-8/h1,5-7H,2-3H3. The van der Waals surface area contributed by atoms with Crippen LogP contribution in [0.5, 0.6) is 0 Å². The Morgan fingerprint density at radius 1 is 1.85 bits per heavy atom. The summed E-state index contributed by atoms with van der Waals surface area (Å²) in [4.78, 5) is 16.6. The van der Waals surface area contributed by atoms with E-state index >= 15 is 0 Å². The van der Waals surface area contributed by atoms with Crippen LogP contribution in [0.25, 0.3) is 0 Å². The Morgan fingerprint density at radius 2 is 2.54 bits per heavy atom. The van der Waals surface area contributed by atoms with Crippen LogP contribution in [0.3, 0.4) is 0 Å². The van der Waals surface area contributed by atoms with E-state index in [2.05, 4.69) is 10.9 Å². The molecule has 0 saturated heterocycles. The van der Waals surface area contributed by atoms with Crippen LogP contribution in [0.1, 0.15) is 17.5 Å². The monoisotopic (exact) mass is 178 g/mol. The van der Waals surface area contributed by atoms with Gasteiger partial charge in [-0.2, -0.15) is 0 Å². The second-order valence-electron chi connectivity index (χ2n) is 2.62. The van der Waals surface area contributed by atoms with Crippen molar-refractivity contribution in [2.75, 3.05) is 7.05 Å². The van der Waals surface area contributed by atoms with Crippen molar-refractivity contribution in [3.63, 3.8) is 0 Å². The van der Waals surface area contributed by atoms with Gasteiger partial charge in [0.2, 0.25) is 5.76 Å². The molecule has 0 aliphatic carbocycles. The molecule has 1 aromatic heterocycles. The highest BCUT2D eigenvalue weighted by Crippen LogP contribution is 2.04. The van der Waals surface area contributed by atoms with Crippen molar-refractivity contribution in [1.82, 2.24) is 9.88 Å². The minimum atomic E-state index is -0.261. The highest BCUT2D eigenvalue weighted by atomic mass is 16.3. The lowest BCUT2D eigenvalue weighted by atomic mass is 10.3. The van der Waals surface area contributed by atoms with Crippen LogP contribution in [0.2, 0.25) is 0 Å². The van der Waals surface area contributed by atoms with Crippen molar-refractivity contribution in [1.29, 1.82) is 0 Å². The number of aromatic nitrogens is 1. The minimum Gasteiger partial charge on any atom is -0.438 e. The molecule has 1 heterocycles. The van der Waals surface area contributed by atoms with Crippen molar-refractivity contribution in [3.05, 3.63) is 18.4 Å². The number of rotatable bonds is 2. The first-order chi connectivity index (χ1) is 6.16. The number of carbonyl (C=O) groups excluding carboxylic acids is 1. The first-order valence-electron chi connectivity index (χ1n) is 3.78. The van der Waals surface area contributed by atoms with Gasteiger partial charge in [0.05, 0.1) is 12.2 Å². The van der Waals surface area contributed by atoms with Crippen LogP contribution >= 0.6 is 0 Å². The van der Waals surface area contributed by atoms with Gasteiger partial charge in [-0.1, -0.05) is 5.92 Å². The molecule has 0 bridgehead atoms. The zero-order chi connectivity index (χ0) is 9.84.